The van der Waals surface area contributed by atoms with Gasteiger partial charge in [-0.15, -0.1) is 0 Å². The fourth-order valence-electron chi connectivity index (χ4n) is 1.47. The molecule has 0 saturated heterocycles. The highest BCUT2D eigenvalue weighted by atomic mass is 16.5. The second-order valence-electron chi connectivity index (χ2n) is 3.33. The number of hydrogen-bond acceptors (Lipinski definition) is 6. The van der Waals surface area contributed by atoms with Crippen LogP contribution in [0.2, 0.25) is 0 Å². The zero-order valence-electron chi connectivity index (χ0n) is 8.28. The number of rotatable bonds is 2. The van der Waals surface area contributed by atoms with Gasteiger partial charge in [-0.3, -0.25) is 4.57 Å². The molecule has 0 bridgehead atoms. The summed E-state index contributed by atoms with van der Waals surface area (Å²) in [6.07, 6.45) is 0.827. The van der Waals surface area contributed by atoms with E-state index in [2.05, 4.69) is 4.98 Å². The summed E-state index contributed by atoms with van der Waals surface area (Å²) in [6.45, 7) is -0.329. The lowest BCUT2D eigenvalue weighted by Gasteiger charge is -2.17. The number of nitrogens with two attached hydrogens (primary N) is 1. The van der Waals surface area contributed by atoms with E-state index in [0.29, 0.717) is 0 Å². The molecule has 1 aromatic heterocycles. The fourth-order valence-corrected chi connectivity index (χ4v) is 1.47. The van der Waals surface area contributed by atoms with Gasteiger partial charge in [0.05, 0.1) is 0 Å². The third-order valence-corrected chi connectivity index (χ3v) is 2.20. The van der Waals surface area contributed by atoms with Gasteiger partial charge < -0.3 is 20.7 Å². The van der Waals surface area contributed by atoms with Crippen LogP contribution in [0.1, 0.15) is 6.23 Å². The van der Waals surface area contributed by atoms with Gasteiger partial charge in [-0.05, 0) is 12.1 Å². The Kier molecular flexibility index (Phi) is 2.63. The first-order valence-corrected chi connectivity index (χ1v) is 4.63. The summed E-state index contributed by atoms with van der Waals surface area (Å²) in [4.78, 5) is 15.0. The van der Waals surface area contributed by atoms with Crippen LogP contribution in [-0.2, 0) is 4.74 Å². The Balaban J connectivity index is 2.30. The van der Waals surface area contributed by atoms with Crippen molar-refractivity contribution in [3.63, 3.8) is 0 Å². The monoisotopic (exact) mass is 225 g/mol. The lowest BCUT2D eigenvalue weighted by Crippen LogP contribution is -2.32. The van der Waals surface area contributed by atoms with Crippen molar-refractivity contribution in [2.45, 2.75) is 12.3 Å². The summed E-state index contributed by atoms with van der Waals surface area (Å²) in [5.74, 6) is 0.324. The fraction of sp³-hybridized carbons (Fsp3) is 0.333. The smallest absolute Gasteiger partial charge is 0.352 e. The predicted molar refractivity (Wildman–Crippen MR) is 54.2 cm³/mol. The van der Waals surface area contributed by atoms with Gasteiger partial charge in [0.25, 0.3) is 0 Å². The van der Waals surface area contributed by atoms with Crippen LogP contribution in [0.4, 0.5) is 5.82 Å². The average molecular weight is 225 g/mol. The molecule has 0 saturated carbocycles. The average Bonchev–Trinajstić information content (AvgIpc) is 2.60. The molecule has 1 aliphatic heterocycles. The van der Waals surface area contributed by atoms with Crippen LogP contribution in [0, 0.1) is 0 Å². The Hall–Kier alpha value is -1.86. The van der Waals surface area contributed by atoms with E-state index >= 15 is 0 Å². The molecule has 0 spiro atoms. The second kappa shape index (κ2) is 3.95. The molecular weight excluding hydrogens is 214 g/mol. The molecule has 4 N–H and O–H groups in total. The van der Waals surface area contributed by atoms with E-state index in [4.69, 9.17) is 15.6 Å². The third kappa shape index (κ3) is 1.77. The number of hydrogen-bond donors (Lipinski definition) is 3. The molecule has 2 rings (SSSR count). The molecule has 7 nitrogen and oxygen atoms in total. The van der Waals surface area contributed by atoms with E-state index in [1.165, 1.54) is 18.3 Å². The minimum Gasteiger partial charge on any atom is -0.469 e. The second-order valence-corrected chi connectivity index (χ2v) is 3.33. The van der Waals surface area contributed by atoms with E-state index in [-0.39, 0.29) is 18.2 Å². The van der Waals surface area contributed by atoms with Gasteiger partial charge >= 0.3 is 5.69 Å². The Bertz CT molecular complexity index is 482. The van der Waals surface area contributed by atoms with Crippen molar-refractivity contribution in [3.8, 4) is 0 Å². The number of nitrogen functional groups attached to an aromatic ring is 1. The zero-order chi connectivity index (χ0) is 11.7. The maximum atomic E-state index is 11.5. The molecule has 2 atom stereocenters. The molecule has 1 aromatic rings. The maximum absolute atomic E-state index is 11.5. The summed E-state index contributed by atoms with van der Waals surface area (Å²) in [7, 11) is 0. The number of nitrogens with zero attached hydrogens (tertiary/aromatic N) is 2. The van der Waals surface area contributed by atoms with Gasteiger partial charge in [0, 0.05) is 6.20 Å². The quantitative estimate of drug-likeness (QED) is 0.570. The van der Waals surface area contributed by atoms with Crippen LogP contribution in [0.5, 0.6) is 0 Å². The molecule has 2 heterocycles. The molecule has 0 aromatic carbocycles. The summed E-state index contributed by atoms with van der Waals surface area (Å²) in [5.41, 5.74) is 4.72. The molecule has 2 unspecified atom stereocenters. The van der Waals surface area contributed by atoms with E-state index < -0.39 is 18.0 Å². The van der Waals surface area contributed by atoms with Gasteiger partial charge in [-0.25, -0.2) is 4.79 Å². The summed E-state index contributed by atoms with van der Waals surface area (Å²) in [6, 6.07) is 1.43. The van der Waals surface area contributed by atoms with Gasteiger partial charge in [0.2, 0.25) is 6.23 Å². The number of ether oxygens (including phenoxy) is 1. The van der Waals surface area contributed by atoms with Crippen molar-refractivity contribution in [3.05, 3.63) is 34.6 Å². The van der Waals surface area contributed by atoms with Gasteiger partial charge in [-0.1, -0.05) is 0 Å². The SMILES string of the molecule is Nc1ccn(C2OC(CO)=CC2O)c(=O)n1. The van der Waals surface area contributed by atoms with E-state index in [9.17, 15) is 9.90 Å². The topological polar surface area (TPSA) is 111 Å². The number of aliphatic hydroxyl groups is 2. The Morgan fingerprint density at radius 1 is 1.62 bits per heavy atom. The van der Waals surface area contributed by atoms with Crippen molar-refractivity contribution in [1.29, 1.82) is 0 Å². The third-order valence-electron chi connectivity index (χ3n) is 2.20. The van der Waals surface area contributed by atoms with Crippen LogP contribution in [0.25, 0.3) is 0 Å². The van der Waals surface area contributed by atoms with Crippen LogP contribution in [0.15, 0.2) is 28.9 Å². The highest BCUT2D eigenvalue weighted by molar-refractivity contribution is 5.23. The van der Waals surface area contributed by atoms with Crippen molar-refractivity contribution in [1.82, 2.24) is 9.55 Å². The standard InChI is InChI=1S/C9H11N3O4/c10-7-1-2-12(9(15)11-7)8-6(14)3-5(4-13)16-8/h1-3,6,8,13-14H,4H2,(H2,10,11,15). The summed E-state index contributed by atoms with van der Waals surface area (Å²) >= 11 is 0. The van der Waals surface area contributed by atoms with Crippen molar-refractivity contribution in [2.24, 2.45) is 0 Å². The minimum atomic E-state index is -0.995. The molecule has 0 fully saturated rings. The first kappa shape index (κ1) is 10.7. The molecule has 0 radical (unpaired) electrons. The molecule has 0 amide bonds. The summed E-state index contributed by atoms with van der Waals surface area (Å²) < 4.78 is 6.28. The van der Waals surface area contributed by atoms with Gasteiger partial charge in [-0.2, -0.15) is 4.98 Å². The minimum absolute atomic E-state index is 0.101. The lowest BCUT2D eigenvalue weighted by molar-refractivity contribution is -0.0103. The van der Waals surface area contributed by atoms with Crippen LogP contribution in [0.3, 0.4) is 0 Å². The maximum Gasteiger partial charge on any atom is 0.352 e. The highest BCUT2D eigenvalue weighted by Gasteiger charge is 2.29. The van der Waals surface area contributed by atoms with E-state index in [1.807, 2.05) is 0 Å². The van der Waals surface area contributed by atoms with Crippen LogP contribution >= 0.6 is 0 Å². The first-order chi connectivity index (χ1) is 7.61. The predicted octanol–water partition coefficient (Wildman–Crippen LogP) is -1.41. The molecule has 7 heteroatoms. The largest absolute Gasteiger partial charge is 0.469 e. The zero-order valence-corrected chi connectivity index (χ0v) is 8.28. The van der Waals surface area contributed by atoms with E-state index in [0.717, 1.165) is 4.57 Å². The highest BCUT2D eigenvalue weighted by Crippen LogP contribution is 2.24. The summed E-state index contributed by atoms with van der Waals surface area (Å²) in [5, 5.41) is 18.4. The molecule has 16 heavy (non-hydrogen) atoms. The van der Waals surface area contributed by atoms with Gasteiger partial charge in [0.1, 0.15) is 24.3 Å². The van der Waals surface area contributed by atoms with Crippen LogP contribution in [-0.4, -0.2) is 32.5 Å². The molecular formula is C9H11N3O4. The Morgan fingerprint density at radius 3 is 2.94 bits per heavy atom. The first-order valence-electron chi connectivity index (χ1n) is 4.63. The van der Waals surface area contributed by atoms with Crippen LogP contribution < -0.4 is 11.4 Å². The Labute approximate surface area is 90.4 Å². The van der Waals surface area contributed by atoms with E-state index in [1.54, 1.807) is 0 Å². The Morgan fingerprint density at radius 2 is 2.38 bits per heavy atom. The number of aliphatic hydroxyl groups excluding tert-OH is 2. The van der Waals surface area contributed by atoms with Crippen molar-refractivity contribution in [2.75, 3.05) is 12.3 Å². The van der Waals surface area contributed by atoms with Gasteiger partial charge in [0.15, 0.2) is 0 Å². The normalized spacial score (nSPS) is 24.0. The number of anilines is 1. The van der Waals surface area contributed by atoms with Crippen molar-refractivity contribution < 1.29 is 14.9 Å². The number of aromatic nitrogens is 2. The lowest BCUT2D eigenvalue weighted by atomic mass is 10.3. The van der Waals surface area contributed by atoms with Crippen molar-refractivity contribution >= 4 is 5.82 Å². The molecule has 86 valence electrons. The molecule has 0 aliphatic carbocycles. The molecule has 1 aliphatic rings.